The van der Waals surface area contributed by atoms with Crippen LogP contribution in [0.3, 0.4) is 0 Å². The highest BCUT2D eigenvalue weighted by molar-refractivity contribution is 5.52. The molecule has 1 aromatic heterocycles. The van der Waals surface area contributed by atoms with Crippen molar-refractivity contribution in [3.05, 3.63) is 71.4 Å². The normalized spacial score (nSPS) is 20.8. The molecule has 1 saturated heterocycles. The molecule has 146 valence electrons. The molecule has 0 amide bonds. The molecule has 0 unspecified atom stereocenters. The number of nitrogens with one attached hydrogen (secondary N) is 2. The molecule has 1 aliphatic rings. The molecule has 0 spiro atoms. The molecule has 1 atom stereocenters. The summed E-state index contributed by atoms with van der Waals surface area (Å²) in [7, 11) is 0. The fourth-order valence-electron chi connectivity index (χ4n) is 3.84. The topological polar surface area (TPSA) is 47.8 Å². The second-order valence-corrected chi connectivity index (χ2v) is 7.71. The van der Waals surface area contributed by atoms with Gasteiger partial charge in [0.1, 0.15) is 38.5 Å². The van der Waals surface area contributed by atoms with Gasteiger partial charge in [0.2, 0.25) is 5.89 Å². The molecule has 2 heterocycles. The second kappa shape index (κ2) is 8.20. The van der Waals surface area contributed by atoms with E-state index in [1.165, 1.54) is 15.4 Å². The van der Waals surface area contributed by atoms with Crippen LogP contribution in [0.15, 0.2) is 52.9 Å². The first-order valence-electron chi connectivity index (χ1n) is 9.92. The summed E-state index contributed by atoms with van der Waals surface area (Å²) in [5, 5.41) is 8.53. The number of aromatic nitrogens is 2. The van der Waals surface area contributed by atoms with Crippen molar-refractivity contribution in [1.29, 1.82) is 0 Å². The summed E-state index contributed by atoms with van der Waals surface area (Å²) in [5.74, 6) is 1.15. The SMILES string of the molecule is Cc1ccc(-c2nnc([C@H](C)[NH+]3CC[NH+](Cc4ccccc4F)CC3)o2)cc1. The van der Waals surface area contributed by atoms with Gasteiger partial charge in [-0.15, -0.1) is 10.2 Å². The first-order valence-corrected chi connectivity index (χ1v) is 9.92. The van der Waals surface area contributed by atoms with Crippen molar-refractivity contribution in [2.75, 3.05) is 26.2 Å². The van der Waals surface area contributed by atoms with Gasteiger partial charge in [0.05, 0.1) is 0 Å². The van der Waals surface area contributed by atoms with Crippen molar-refractivity contribution < 1.29 is 18.6 Å². The van der Waals surface area contributed by atoms with Crippen molar-refractivity contribution >= 4 is 0 Å². The number of quaternary nitrogens is 2. The van der Waals surface area contributed by atoms with E-state index in [1.54, 1.807) is 12.1 Å². The summed E-state index contributed by atoms with van der Waals surface area (Å²) in [6.45, 7) is 8.97. The summed E-state index contributed by atoms with van der Waals surface area (Å²) < 4.78 is 19.9. The van der Waals surface area contributed by atoms with Gasteiger partial charge >= 0.3 is 0 Å². The molecule has 6 heteroatoms. The van der Waals surface area contributed by atoms with Gasteiger partial charge in [-0.1, -0.05) is 35.9 Å². The Bertz CT molecular complexity index is 916. The zero-order valence-electron chi connectivity index (χ0n) is 16.4. The van der Waals surface area contributed by atoms with Crippen LogP contribution in [-0.4, -0.2) is 36.4 Å². The Hall–Kier alpha value is -2.57. The fourth-order valence-corrected chi connectivity index (χ4v) is 3.84. The molecule has 2 aromatic carbocycles. The van der Waals surface area contributed by atoms with Crippen molar-refractivity contribution in [1.82, 2.24) is 10.2 Å². The van der Waals surface area contributed by atoms with E-state index in [2.05, 4.69) is 24.0 Å². The van der Waals surface area contributed by atoms with Crippen LogP contribution in [0.1, 0.15) is 30.0 Å². The predicted octanol–water partition coefficient (Wildman–Crippen LogP) is 1.23. The zero-order chi connectivity index (χ0) is 19.5. The van der Waals surface area contributed by atoms with Crippen LogP contribution >= 0.6 is 0 Å². The standard InChI is InChI=1S/C22H25FN4O/c1-16-7-9-18(10-8-16)22-25-24-21(28-22)17(2)27-13-11-26(12-14-27)15-19-5-3-4-6-20(19)23/h3-10,17H,11-15H2,1-2H3/p+2/t17-/m0/s1. The molecule has 4 rings (SSSR count). The largest absolute Gasteiger partial charge is 0.415 e. The Morgan fingerprint density at radius 3 is 2.43 bits per heavy atom. The zero-order valence-corrected chi connectivity index (χ0v) is 16.4. The molecule has 2 N–H and O–H groups in total. The smallest absolute Gasteiger partial charge is 0.274 e. The summed E-state index contributed by atoms with van der Waals surface area (Å²) in [6.07, 6.45) is 0. The Kier molecular flexibility index (Phi) is 5.50. The van der Waals surface area contributed by atoms with Gasteiger partial charge < -0.3 is 14.2 Å². The minimum atomic E-state index is -0.104. The summed E-state index contributed by atoms with van der Waals surface area (Å²) >= 11 is 0. The highest BCUT2D eigenvalue weighted by Gasteiger charge is 2.31. The van der Waals surface area contributed by atoms with E-state index in [0.29, 0.717) is 11.8 Å². The molecule has 5 nitrogen and oxygen atoms in total. The molecule has 28 heavy (non-hydrogen) atoms. The minimum Gasteiger partial charge on any atom is -0.415 e. The second-order valence-electron chi connectivity index (χ2n) is 7.71. The lowest BCUT2D eigenvalue weighted by Crippen LogP contribution is -3.27. The van der Waals surface area contributed by atoms with Crippen molar-refractivity contribution in [2.24, 2.45) is 0 Å². The average molecular weight is 382 g/mol. The maximum Gasteiger partial charge on any atom is 0.274 e. The number of nitrogens with zero attached hydrogens (tertiary/aromatic N) is 2. The lowest BCUT2D eigenvalue weighted by Gasteiger charge is -2.32. The van der Waals surface area contributed by atoms with Gasteiger partial charge in [-0.3, -0.25) is 0 Å². The summed E-state index contributed by atoms with van der Waals surface area (Å²) in [5.41, 5.74) is 2.95. The molecule has 1 fully saturated rings. The number of rotatable bonds is 5. The van der Waals surface area contributed by atoms with Gasteiger partial charge in [0.15, 0.2) is 6.04 Å². The predicted molar refractivity (Wildman–Crippen MR) is 104 cm³/mol. The lowest BCUT2D eigenvalue weighted by molar-refractivity contribution is -1.03. The van der Waals surface area contributed by atoms with Crippen LogP contribution in [-0.2, 0) is 6.54 Å². The lowest BCUT2D eigenvalue weighted by atomic mass is 10.1. The maximum atomic E-state index is 13.9. The van der Waals surface area contributed by atoms with Crippen molar-refractivity contribution in [3.63, 3.8) is 0 Å². The van der Waals surface area contributed by atoms with E-state index in [4.69, 9.17) is 4.42 Å². The Labute approximate surface area is 164 Å². The Morgan fingerprint density at radius 1 is 1.00 bits per heavy atom. The molecule has 0 saturated carbocycles. The first kappa shape index (κ1) is 18.8. The van der Waals surface area contributed by atoms with E-state index in [9.17, 15) is 4.39 Å². The van der Waals surface area contributed by atoms with E-state index < -0.39 is 0 Å². The Balaban J connectivity index is 1.36. The van der Waals surface area contributed by atoms with Gasteiger partial charge in [0, 0.05) is 11.1 Å². The summed E-state index contributed by atoms with van der Waals surface area (Å²) in [6, 6.07) is 15.3. The third kappa shape index (κ3) is 4.13. The van der Waals surface area contributed by atoms with Gasteiger partial charge in [0.25, 0.3) is 5.89 Å². The number of hydrogen-bond acceptors (Lipinski definition) is 3. The quantitative estimate of drug-likeness (QED) is 0.698. The first-order chi connectivity index (χ1) is 13.6. The highest BCUT2D eigenvalue weighted by Crippen LogP contribution is 2.20. The van der Waals surface area contributed by atoms with E-state index >= 15 is 0 Å². The van der Waals surface area contributed by atoms with E-state index in [1.807, 2.05) is 36.4 Å². The number of benzene rings is 2. The maximum absolute atomic E-state index is 13.9. The van der Waals surface area contributed by atoms with Gasteiger partial charge in [-0.2, -0.15) is 0 Å². The molecule has 0 aliphatic carbocycles. The van der Waals surface area contributed by atoms with Crippen molar-refractivity contribution in [2.45, 2.75) is 26.4 Å². The van der Waals surface area contributed by atoms with Crippen LogP contribution in [0.25, 0.3) is 11.5 Å². The van der Waals surface area contributed by atoms with Crippen LogP contribution < -0.4 is 9.80 Å². The number of piperazine rings is 1. The summed E-state index contributed by atoms with van der Waals surface area (Å²) in [4.78, 5) is 2.86. The monoisotopic (exact) mass is 382 g/mol. The average Bonchev–Trinajstić information content (AvgIpc) is 3.20. The number of halogens is 1. The molecule has 1 aliphatic heterocycles. The molecule has 0 bridgehead atoms. The van der Waals surface area contributed by atoms with Gasteiger partial charge in [-0.25, -0.2) is 4.39 Å². The third-order valence-corrected chi connectivity index (χ3v) is 5.72. The minimum absolute atomic E-state index is 0.104. The van der Waals surface area contributed by atoms with Gasteiger partial charge in [-0.05, 0) is 32.0 Å². The van der Waals surface area contributed by atoms with Crippen LogP contribution in [0.2, 0.25) is 0 Å². The van der Waals surface area contributed by atoms with Crippen molar-refractivity contribution in [3.8, 4) is 11.5 Å². The van der Waals surface area contributed by atoms with E-state index in [-0.39, 0.29) is 11.9 Å². The molecule has 0 radical (unpaired) electrons. The Morgan fingerprint density at radius 2 is 1.71 bits per heavy atom. The van der Waals surface area contributed by atoms with Crippen LogP contribution in [0.4, 0.5) is 4.39 Å². The molecular weight excluding hydrogens is 355 g/mol. The van der Waals surface area contributed by atoms with Crippen LogP contribution in [0.5, 0.6) is 0 Å². The highest BCUT2D eigenvalue weighted by atomic mass is 19.1. The van der Waals surface area contributed by atoms with Crippen LogP contribution in [0, 0.1) is 12.7 Å². The number of aryl methyl sites for hydroxylation is 1. The fraction of sp³-hybridized carbons (Fsp3) is 0.364. The molecular formula is C22H27FN4O+2. The molecule has 3 aromatic rings. The van der Waals surface area contributed by atoms with E-state index in [0.717, 1.165) is 43.9 Å². The third-order valence-electron chi connectivity index (χ3n) is 5.72. The number of hydrogen-bond donors (Lipinski definition) is 2.